The van der Waals surface area contributed by atoms with Gasteiger partial charge in [-0.1, -0.05) is 13.8 Å². The van der Waals surface area contributed by atoms with Gasteiger partial charge in [0.05, 0.1) is 12.5 Å². The number of nitrogens with zero attached hydrogens (tertiary/aromatic N) is 1. The average Bonchev–Trinajstić information content (AvgIpc) is 2.51. The summed E-state index contributed by atoms with van der Waals surface area (Å²) >= 11 is 0. The van der Waals surface area contributed by atoms with E-state index in [9.17, 15) is 4.79 Å². The largest absolute Gasteiger partial charge is 0.465 e. The monoisotopic (exact) mass is 199 g/mol. The van der Waals surface area contributed by atoms with Crippen LogP contribution in [0.1, 0.15) is 33.1 Å². The van der Waals surface area contributed by atoms with Crippen molar-refractivity contribution >= 4 is 5.97 Å². The van der Waals surface area contributed by atoms with Gasteiger partial charge in [0.2, 0.25) is 0 Å². The van der Waals surface area contributed by atoms with Crippen LogP contribution in [0, 0.1) is 5.92 Å². The van der Waals surface area contributed by atoms with Crippen molar-refractivity contribution < 1.29 is 9.53 Å². The molecule has 0 radical (unpaired) electrons. The number of ether oxygens (including phenoxy) is 1. The molecule has 1 atom stereocenters. The highest BCUT2D eigenvalue weighted by Crippen LogP contribution is 2.17. The lowest BCUT2D eigenvalue weighted by atomic mass is 10.1. The molecule has 0 bridgehead atoms. The fourth-order valence-electron chi connectivity index (χ4n) is 1.81. The number of rotatable bonds is 4. The first-order chi connectivity index (χ1) is 6.61. The molecule has 0 aromatic carbocycles. The second kappa shape index (κ2) is 5.35. The minimum Gasteiger partial charge on any atom is -0.465 e. The van der Waals surface area contributed by atoms with Gasteiger partial charge in [0.25, 0.3) is 0 Å². The minimum absolute atomic E-state index is 0.00342. The van der Waals surface area contributed by atoms with Crippen molar-refractivity contribution in [3.63, 3.8) is 0 Å². The van der Waals surface area contributed by atoms with Crippen molar-refractivity contribution in [1.82, 2.24) is 4.90 Å². The van der Waals surface area contributed by atoms with Gasteiger partial charge in [-0.05, 0) is 32.9 Å². The van der Waals surface area contributed by atoms with Crippen LogP contribution in [0.3, 0.4) is 0 Å². The Bertz CT molecular complexity index is 192. The Kier molecular flexibility index (Phi) is 4.39. The van der Waals surface area contributed by atoms with Gasteiger partial charge < -0.3 is 9.64 Å². The smallest absolute Gasteiger partial charge is 0.308 e. The maximum atomic E-state index is 11.2. The summed E-state index contributed by atoms with van der Waals surface area (Å²) in [5.41, 5.74) is 0. The van der Waals surface area contributed by atoms with E-state index in [1.807, 2.05) is 13.8 Å². The first-order valence-corrected chi connectivity index (χ1v) is 5.48. The molecule has 0 N–H and O–H groups in total. The lowest BCUT2D eigenvalue weighted by Gasteiger charge is -2.19. The Hall–Kier alpha value is -0.570. The van der Waals surface area contributed by atoms with Crippen LogP contribution in [-0.4, -0.2) is 37.1 Å². The zero-order valence-electron chi connectivity index (χ0n) is 9.45. The summed E-state index contributed by atoms with van der Waals surface area (Å²) < 4.78 is 5.15. The lowest BCUT2D eigenvalue weighted by Crippen LogP contribution is -2.26. The van der Waals surface area contributed by atoms with E-state index in [1.165, 1.54) is 19.4 Å². The molecule has 1 heterocycles. The van der Waals surface area contributed by atoms with Crippen LogP contribution in [0.25, 0.3) is 0 Å². The van der Waals surface area contributed by atoms with Crippen molar-refractivity contribution in [3.8, 4) is 0 Å². The molecule has 0 saturated carbocycles. The van der Waals surface area contributed by atoms with Gasteiger partial charge in [-0.3, -0.25) is 4.79 Å². The number of likely N-dealkylation sites (tertiary alicyclic amines) is 1. The van der Waals surface area contributed by atoms with E-state index in [-0.39, 0.29) is 11.9 Å². The van der Waals surface area contributed by atoms with Gasteiger partial charge in [-0.2, -0.15) is 0 Å². The summed E-state index contributed by atoms with van der Waals surface area (Å²) in [5.74, 6) is -0.0815. The number of esters is 1. The number of hydrogen-bond acceptors (Lipinski definition) is 3. The average molecular weight is 199 g/mol. The van der Waals surface area contributed by atoms with Crippen molar-refractivity contribution in [2.75, 3.05) is 20.2 Å². The lowest BCUT2D eigenvalue weighted by molar-refractivity contribution is -0.147. The van der Waals surface area contributed by atoms with Gasteiger partial charge in [-0.25, -0.2) is 0 Å². The first-order valence-electron chi connectivity index (χ1n) is 5.48. The summed E-state index contributed by atoms with van der Waals surface area (Å²) in [6.07, 6.45) is 3.50. The highest BCUT2D eigenvalue weighted by Gasteiger charge is 2.20. The number of hydrogen-bond donors (Lipinski definition) is 0. The van der Waals surface area contributed by atoms with Crippen molar-refractivity contribution in [2.45, 2.75) is 39.2 Å². The van der Waals surface area contributed by atoms with E-state index in [0.29, 0.717) is 12.6 Å². The predicted octanol–water partition coefficient (Wildman–Crippen LogP) is 1.67. The first kappa shape index (κ1) is 11.5. The molecular formula is C11H21NO2. The topological polar surface area (TPSA) is 29.5 Å². The molecule has 82 valence electrons. The van der Waals surface area contributed by atoms with E-state index < -0.39 is 0 Å². The van der Waals surface area contributed by atoms with E-state index in [1.54, 1.807) is 0 Å². The summed E-state index contributed by atoms with van der Waals surface area (Å²) in [5, 5.41) is 0. The van der Waals surface area contributed by atoms with Gasteiger partial charge in [0.15, 0.2) is 0 Å². The van der Waals surface area contributed by atoms with E-state index in [4.69, 9.17) is 4.74 Å². The quantitative estimate of drug-likeness (QED) is 0.645. The van der Waals surface area contributed by atoms with E-state index >= 15 is 0 Å². The number of carbonyl (C=O) groups is 1. The number of carbonyl (C=O) groups excluding carboxylic acids is 1. The molecule has 3 heteroatoms. The molecule has 1 unspecified atom stereocenters. The Morgan fingerprint density at radius 3 is 2.79 bits per heavy atom. The molecule has 0 spiro atoms. The molecule has 1 rings (SSSR count). The van der Waals surface area contributed by atoms with Crippen LogP contribution in [0.4, 0.5) is 0 Å². The normalized spacial score (nSPS) is 23.0. The second-order valence-electron chi connectivity index (χ2n) is 4.39. The third-order valence-electron chi connectivity index (χ3n) is 2.84. The van der Waals surface area contributed by atoms with E-state index in [0.717, 1.165) is 6.42 Å². The fraction of sp³-hybridized carbons (Fsp3) is 0.909. The molecule has 0 amide bonds. The zero-order valence-corrected chi connectivity index (χ0v) is 9.45. The summed E-state index contributed by atoms with van der Waals surface area (Å²) in [4.78, 5) is 13.5. The molecule has 3 nitrogen and oxygen atoms in total. The SMILES string of the molecule is CC(C)C(=O)OCCC1CCCN1C. The summed E-state index contributed by atoms with van der Waals surface area (Å²) in [6.45, 7) is 5.49. The molecule has 0 aliphatic carbocycles. The fourth-order valence-corrected chi connectivity index (χ4v) is 1.81. The van der Waals surface area contributed by atoms with Crippen molar-refractivity contribution in [2.24, 2.45) is 5.92 Å². The van der Waals surface area contributed by atoms with Crippen LogP contribution in [0.15, 0.2) is 0 Å². The highest BCUT2D eigenvalue weighted by atomic mass is 16.5. The van der Waals surface area contributed by atoms with Gasteiger partial charge in [0.1, 0.15) is 0 Å². The molecule has 1 aliphatic rings. The third-order valence-corrected chi connectivity index (χ3v) is 2.84. The molecule has 0 aromatic heterocycles. The third kappa shape index (κ3) is 3.29. The maximum absolute atomic E-state index is 11.2. The second-order valence-corrected chi connectivity index (χ2v) is 4.39. The standard InChI is InChI=1S/C11H21NO2/c1-9(2)11(13)14-8-6-10-5-4-7-12(10)3/h9-10H,4-8H2,1-3H3. The molecule has 1 saturated heterocycles. The zero-order chi connectivity index (χ0) is 10.6. The van der Waals surface area contributed by atoms with E-state index in [2.05, 4.69) is 11.9 Å². The van der Waals surface area contributed by atoms with Crippen LogP contribution >= 0.6 is 0 Å². The summed E-state index contributed by atoms with van der Waals surface area (Å²) in [7, 11) is 2.14. The van der Waals surface area contributed by atoms with Crippen molar-refractivity contribution in [3.05, 3.63) is 0 Å². The minimum atomic E-state index is -0.0781. The Morgan fingerprint density at radius 2 is 2.29 bits per heavy atom. The van der Waals surface area contributed by atoms with Gasteiger partial charge >= 0.3 is 5.97 Å². The van der Waals surface area contributed by atoms with Crippen LogP contribution < -0.4 is 0 Å². The Morgan fingerprint density at radius 1 is 1.57 bits per heavy atom. The maximum Gasteiger partial charge on any atom is 0.308 e. The molecule has 1 fully saturated rings. The van der Waals surface area contributed by atoms with Crippen molar-refractivity contribution in [1.29, 1.82) is 0 Å². The van der Waals surface area contributed by atoms with Gasteiger partial charge in [0, 0.05) is 6.04 Å². The van der Waals surface area contributed by atoms with Gasteiger partial charge in [-0.15, -0.1) is 0 Å². The Labute approximate surface area is 86.4 Å². The Balaban J connectivity index is 2.12. The van der Waals surface area contributed by atoms with Crippen LogP contribution in [0.2, 0.25) is 0 Å². The molecule has 0 aromatic rings. The summed E-state index contributed by atoms with van der Waals surface area (Å²) in [6, 6.07) is 0.620. The predicted molar refractivity (Wildman–Crippen MR) is 56.1 cm³/mol. The van der Waals surface area contributed by atoms with Crippen LogP contribution in [0.5, 0.6) is 0 Å². The van der Waals surface area contributed by atoms with Crippen LogP contribution in [-0.2, 0) is 9.53 Å². The molecular weight excluding hydrogens is 178 g/mol. The highest BCUT2D eigenvalue weighted by molar-refractivity contribution is 5.71. The molecule has 14 heavy (non-hydrogen) atoms. The molecule has 1 aliphatic heterocycles.